The average Bonchev–Trinajstić information content (AvgIpc) is 3.29. The van der Waals surface area contributed by atoms with Crippen LogP contribution in [0.1, 0.15) is 19.6 Å². The van der Waals surface area contributed by atoms with Crippen LogP contribution in [0.25, 0.3) is 27.8 Å². The molecule has 176 valence electrons. The van der Waals surface area contributed by atoms with Crippen LogP contribution >= 0.6 is 0 Å². The number of esters is 1. The summed E-state index contributed by atoms with van der Waals surface area (Å²) in [5, 5.41) is 4.01. The molecule has 34 heavy (non-hydrogen) atoms. The van der Waals surface area contributed by atoms with Gasteiger partial charge in [0.05, 0.1) is 29.4 Å². The first-order valence-corrected chi connectivity index (χ1v) is 10.3. The van der Waals surface area contributed by atoms with Crippen LogP contribution in [0.5, 0.6) is 5.75 Å². The molecule has 0 bridgehead atoms. The highest BCUT2D eigenvalue weighted by atomic mass is 19.4. The molecule has 0 radical (unpaired) electrons. The molecule has 0 aliphatic heterocycles. The fourth-order valence-electron chi connectivity index (χ4n) is 3.39. The minimum absolute atomic E-state index is 0.0388. The molecule has 0 saturated carbocycles. The van der Waals surface area contributed by atoms with E-state index in [9.17, 15) is 22.8 Å². The molecule has 0 saturated heterocycles. The predicted octanol–water partition coefficient (Wildman–Crippen LogP) is 4.99. The van der Waals surface area contributed by atoms with E-state index in [2.05, 4.69) is 5.10 Å². The number of carbonyl (C=O) groups is 1. The largest absolute Gasteiger partial charge is 0.479 e. The van der Waals surface area contributed by atoms with Crippen molar-refractivity contribution in [1.82, 2.24) is 9.78 Å². The Morgan fingerprint density at radius 1 is 1.18 bits per heavy atom. The summed E-state index contributed by atoms with van der Waals surface area (Å²) in [4.78, 5) is 24.9. The van der Waals surface area contributed by atoms with Crippen molar-refractivity contribution >= 4 is 16.9 Å². The number of rotatable bonds is 6. The number of aromatic nitrogens is 2. The summed E-state index contributed by atoms with van der Waals surface area (Å²) in [6, 6.07) is 12.6. The molecule has 0 N–H and O–H groups in total. The summed E-state index contributed by atoms with van der Waals surface area (Å²) in [5.41, 5.74) is -1.26. The first kappa shape index (κ1) is 23.1. The molecule has 7 nitrogen and oxygen atoms in total. The Balaban J connectivity index is 1.80. The molecule has 1 atom stereocenters. The zero-order chi connectivity index (χ0) is 24.5. The van der Waals surface area contributed by atoms with E-state index in [1.54, 1.807) is 37.3 Å². The second kappa shape index (κ2) is 9.05. The van der Waals surface area contributed by atoms with Gasteiger partial charge in [-0.15, -0.1) is 0 Å². The van der Waals surface area contributed by atoms with Crippen molar-refractivity contribution in [1.29, 1.82) is 0 Å². The number of carbonyl (C=O) groups excluding carboxylic acids is 1. The van der Waals surface area contributed by atoms with E-state index in [0.717, 1.165) is 6.07 Å². The summed E-state index contributed by atoms with van der Waals surface area (Å²) >= 11 is 0. The molecule has 4 rings (SSSR count). The molecule has 0 aliphatic rings. The van der Waals surface area contributed by atoms with Gasteiger partial charge in [0.15, 0.2) is 6.10 Å². The Morgan fingerprint density at radius 3 is 2.59 bits per heavy atom. The lowest BCUT2D eigenvalue weighted by atomic mass is 10.0. The predicted molar refractivity (Wildman–Crippen MR) is 117 cm³/mol. The van der Waals surface area contributed by atoms with E-state index in [4.69, 9.17) is 13.9 Å². The SMILES string of the molecule is CCOC(=O)C(C)Oc1ccc2c(=O)c(-c3cnn(-c4ccccc4)c3)c(C(F)(F)F)oc2c1. The molecule has 2 aromatic heterocycles. The maximum atomic E-state index is 13.9. The quantitative estimate of drug-likeness (QED) is 0.368. The van der Waals surface area contributed by atoms with Crippen molar-refractivity contribution in [3.63, 3.8) is 0 Å². The molecule has 1 unspecified atom stereocenters. The maximum Gasteiger partial charge on any atom is 0.450 e. The first-order chi connectivity index (χ1) is 16.2. The van der Waals surface area contributed by atoms with Crippen LogP contribution < -0.4 is 10.2 Å². The molecule has 4 aromatic rings. The Morgan fingerprint density at radius 2 is 1.91 bits per heavy atom. The second-order valence-corrected chi connectivity index (χ2v) is 7.31. The highest BCUT2D eigenvalue weighted by Gasteiger charge is 2.39. The van der Waals surface area contributed by atoms with Crippen molar-refractivity contribution in [3.05, 3.63) is 76.9 Å². The molecule has 0 spiro atoms. The van der Waals surface area contributed by atoms with Gasteiger partial charge in [-0.25, -0.2) is 9.48 Å². The molecular weight excluding hydrogens is 453 g/mol. The molecule has 0 fully saturated rings. The van der Waals surface area contributed by atoms with E-state index in [1.165, 1.54) is 36.1 Å². The summed E-state index contributed by atoms with van der Waals surface area (Å²) in [7, 11) is 0. The highest BCUT2D eigenvalue weighted by Crippen LogP contribution is 2.38. The lowest BCUT2D eigenvalue weighted by molar-refractivity contribution is -0.152. The van der Waals surface area contributed by atoms with E-state index in [1.807, 2.05) is 0 Å². The third-order valence-electron chi connectivity index (χ3n) is 4.94. The van der Waals surface area contributed by atoms with Crippen LogP contribution in [-0.2, 0) is 15.7 Å². The van der Waals surface area contributed by atoms with Gasteiger partial charge in [-0.1, -0.05) is 18.2 Å². The van der Waals surface area contributed by atoms with Gasteiger partial charge in [-0.05, 0) is 38.1 Å². The molecular formula is C24H19F3N2O5. The van der Waals surface area contributed by atoms with E-state index < -0.39 is 35.0 Å². The van der Waals surface area contributed by atoms with Gasteiger partial charge in [0, 0.05) is 17.8 Å². The fourth-order valence-corrected chi connectivity index (χ4v) is 3.39. The number of hydrogen-bond acceptors (Lipinski definition) is 6. The second-order valence-electron chi connectivity index (χ2n) is 7.31. The smallest absolute Gasteiger partial charge is 0.450 e. The molecule has 0 amide bonds. The third-order valence-corrected chi connectivity index (χ3v) is 4.94. The van der Waals surface area contributed by atoms with Crippen LogP contribution in [0.3, 0.4) is 0 Å². The number of benzene rings is 2. The Labute approximate surface area is 191 Å². The van der Waals surface area contributed by atoms with Crippen LogP contribution in [0.2, 0.25) is 0 Å². The fraction of sp³-hybridized carbons (Fsp3) is 0.208. The van der Waals surface area contributed by atoms with E-state index in [0.29, 0.717) is 5.69 Å². The normalized spacial score (nSPS) is 12.5. The minimum atomic E-state index is -4.95. The van der Waals surface area contributed by atoms with Gasteiger partial charge in [0.1, 0.15) is 11.3 Å². The van der Waals surface area contributed by atoms with Gasteiger partial charge in [0.2, 0.25) is 11.2 Å². The topological polar surface area (TPSA) is 83.6 Å². The third kappa shape index (κ3) is 4.52. The van der Waals surface area contributed by atoms with Gasteiger partial charge in [-0.2, -0.15) is 18.3 Å². The zero-order valence-corrected chi connectivity index (χ0v) is 18.1. The van der Waals surface area contributed by atoms with Crippen molar-refractivity contribution in [2.75, 3.05) is 6.61 Å². The summed E-state index contributed by atoms with van der Waals surface area (Å²) in [5.74, 6) is -2.03. The number of para-hydroxylation sites is 1. The zero-order valence-electron chi connectivity index (χ0n) is 18.1. The van der Waals surface area contributed by atoms with Crippen LogP contribution in [0.15, 0.2) is 70.1 Å². The molecule has 2 heterocycles. The van der Waals surface area contributed by atoms with Crippen LogP contribution in [-0.4, -0.2) is 28.5 Å². The lowest BCUT2D eigenvalue weighted by Crippen LogP contribution is -2.26. The van der Waals surface area contributed by atoms with Crippen LogP contribution in [0.4, 0.5) is 13.2 Å². The number of halogens is 3. The van der Waals surface area contributed by atoms with Crippen molar-refractivity contribution in [3.8, 4) is 22.6 Å². The number of alkyl halides is 3. The van der Waals surface area contributed by atoms with Gasteiger partial charge >= 0.3 is 12.1 Å². The van der Waals surface area contributed by atoms with Crippen LogP contribution in [0, 0.1) is 0 Å². The highest BCUT2D eigenvalue weighted by molar-refractivity contribution is 5.84. The van der Waals surface area contributed by atoms with E-state index >= 15 is 0 Å². The van der Waals surface area contributed by atoms with Gasteiger partial charge in [0.25, 0.3) is 0 Å². The minimum Gasteiger partial charge on any atom is -0.479 e. The number of ether oxygens (including phenoxy) is 2. The van der Waals surface area contributed by atoms with E-state index in [-0.39, 0.29) is 28.9 Å². The standard InChI is InChI=1S/C24H19F3N2O5/c1-3-32-23(31)14(2)33-17-9-10-18-19(11-17)34-22(24(25,26)27)20(21(18)30)15-12-28-29(13-15)16-7-5-4-6-8-16/h4-14H,3H2,1-2H3. The van der Waals surface area contributed by atoms with Gasteiger partial charge < -0.3 is 13.9 Å². The first-order valence-electron chi connectivity index (χ1n) is 10.3. The summed E-state index contributed by atoms with van der Waals surface area (Å²) < 4.78 is 58.6. The monoisotopic (exact) mass is 472 g/mol. The molecule has 2 aromatic carbocycles. The lowest BCUT2D eigenvalue weighted by Gasteiger charge is -2.15. The Hall–Kier alpha value is -4.08. The number of fused-ring (bicyclic) bond motifs is 1. The summed E-state index contributed by atoms with van der Waals surface area (Å²) in [6.07, 6.45) is -3.44. The maximum absolute atomic E-state index is 13.9. The van der Waals surface area contributed by atoms with Crippen molar-refractivity contribution in [2.24, 2.45) is 0 Å². The van der Waals surface area contributed by atoms with Crippen molar-refractivity contribution < 1.29 is 31.9 Å². The van der Waals surface area contributed by atoms with Crippen molar-refractivity contribution in [2.45, 2.75) is 26.1 Å². The number of hydrogen-bond donors (Lipinski definition) is 0. The Kier molecular flexibility index (Phi) is 6.14. The molecule has 0 aliphatic carbocycles. The average molecular weight is 472 g/mol. The Bertz CT molecular complexity index is 1390. The van der Waals surface area contributed by atoms with Gasteiger partial charge in [-0.3, -0.25) is 4.79 Å². The number of nitrogens with zero attached hydrogens (tertiary/aromatic N) is 2. The summed E-state index contributed by atoms with van der Waals surface area (Å²) in [6.45, 7) is 3.22. The molecule has 10 heteroatoms.